The maximum absolute atomic E-state index is 13.5. The molecule has 6 nitrogen and oxygen atoms in total. The Bertz CT molecular complexity index is 1570. The van der Waals surface area contributed by atoms with Gasteiger partial charge in [-0.1, -0.05) is 48.0 Å². The van der Waals surface area contributed by atoms with Crippen LogP contribution in [0.1, 0.15) is 27.2 Å². The van der Waals surface area contributed by atoms with Crippen molar-refractivity contribution in [2.24, 2.45) is 0 Å². The Balaban J connectivity index is 1.60. The molecule has 0 aliphatic carbocycles. The summed E-state index contributed by atoms with van der Waals surface area (Å²) in [6, 6.07) is 22.6. The largest absolute Gasteiger partial charge is 0.321 e. The van der Waals surface area contributed by atoms with Crippen molar-refractivity contribution < 1.29 is 4.79 Å². The van der Waals surface area contributed by atoms with Gasteiger partial charge < -0.3 is 5.32 Å². The number of rotatable bonds is 4. The lowest BCUT2D eigenvalue weighted by atomic mass is 10.1. The van der Waals surface area contributed by atoms with E-state index in [2.05, 4.69) is 15.3 Å². The first-order valence-corrected chi connectivity index (χ1v) is 10.7. The number of nitrogens with zero attached hydrogens (tertiary/aromatic N) is 3. The molecule has 0 spiro atoms. The van der Waals surface area contributed by atoms with Crippen LogP contribution < -0.4 is 10.9 Å². The number of pyridine rings is 3. The van der Waals surface area contributed by atoms with Crippen LogP contribution in [-0.4, -0.2) is 20.4 Å². The van der Waals surface area contributed by atoms with Gasteiger partial charge in [-0.05, 0) is 49.7 Å². The third-order valence-corrected chi connectivity index (χ3v) is 5.65. The number of nitrogens with one attached hydrogen (secondary N) is 1. The highest BCUT2D eigenvalue weighted by Gasteiger charge is 2.18. The van der Waals surface area contributed by atoms with E-state index in [1.807, 2.05) is 74.5 Å². The number of anilines is 1. The molecule has 0 saturated carbocycles. The van der Waals surface area contributed by atoms with Gasteiger partial charge in [-0.3, -0.25) is 19.1 Å². The Labute approximate surface area is 190 Å². The van der Waals surface area contributed by atoms with Gasteiger partial charge in [0.2, 0.25) is 0 Å². The predicted octanol–water partition coefficient (Wildman–Crippen LogP) is 4.86. The van der Waals surface area contributed by atoms with E-state index in [1.54, 1.807) is 22.9 Å². The lowest BCUT2D eigenvalue weighted by molar-refractivity contribution is 0.102. The van der Waals surface area contributed by atoms with Crippen molar-refractivity contribution in [3.8, 4) is 0 Å². The van der Waals surface area contributed by atoms with E-state index >= 15 is 0 Å². The first kappa shape index (κ1) is 20.6. The molecule has 0 unspecified atom stereocenters. The van der Waals surface area contributed by atoms with Gasteiger partial charge in [0.15, 0.2) is 0 Å². The topological polar surface area (TPSA) is 76.9 Å². The molecule has 3 aromatic heterocycles. The number of aryl methyl sites for hydroxylation is 2. The molecule has 1 N–H and O–H groups in total. The van der Waals surface area contributed by atoms with Crippen LogP contribution in [0.3, 0.4) is 0 Å². The Morgan fingerprint density at radius 2 is 1.76 bits per heavy atom. The summed E-state index contributed by atoms with van der Waals surface area (Å²) in [5, 5.41) is 4.48. The Morgan fingerprint density at radius 1 is 0.970 bits per heavy atom. The number of amides is 1. The van der Waals surface area contributed by atoms with Crippen molar-refractivity contribution in [3.63, 3.8) is 0 Å². The van der Waals surface area contributed by atoms with E-state index in [-0.39, 0.29) is 11.1 Å². The van der Waals surface area contributed by atoms with Crippen LogP contribution in [0.4, 0.5) is 5.69 Å². The van der Waals surface area contributed by atoms with Gasteiger partial charge in [-0.15, -0.1) is 0 Å². The maximum Gasteiger partial charge on any atom is 0.265 e. The number of carbonyl (C=O) groups is 1. The summed E-state index contributed by atoms with van der Waals surface area (Å²) in [5.74, 6) is -0.459. The van der Waals surface area contributed by atoms with Gasteiger partial charge in [0.25, 0.3) is 11.5 Å². The minimum absolute atomic E-state index is 0.0705. The van der Waals surface area contributed by atoms with Crippen LogP contribution in [0.2, 0.25) is 0 Å². The third kappa shape index (κ3) is 3.99. The highest BCUT2D eigenvalue weighted by Crippen LogP contribution is 2.23. The van der Waals surface area contributed by atoms with Crippen molar-refractivity contribution in [1.82, 2.24) is 14.5 Å². The number of hydrogen-bond donors (Lipinski definition) is 1. The van der Waals surface area contributed by atoms with E-state index < -0.39 is 5.91 Å². The predicted molar refractivity (Wildman–Crippen MR) is 131 cm³/mol. The van der Waals surface area contributed by atoms with Gasteiger partial charge in [0.1, 0.15) is 11.2 Å². The SMILES string of the molecule is Cc1ccc(Cn2c(=O)c(C(=O)Nc3cc(C)nc4ccccc34)cc3cccnc32)cc1. The van der Waals surface area contributed by atoms with Crippen LogP contribution in [0.15, 0.2) is 83.8 Å². The molecule has 5 rings (SSSR count). The quantitative estimate of drug-likeness (QED) is 0.438. The van der Waals surface area contributed by atoms with Gasteiger partial charge in [-0.2, -0.15) is 0 Å². The van der Waals surface area contributed by atoms with Crippen molar-refractivity contribution in [2.75, 3.05) is 5.32 Å². The standard InChI is InChI=1S/C27H22N4O2/c1-17-9-11-19(12-10-17)16-31-25-20(6-5-13-28-25)15-22(27(31)33)26(32)30-24-14-18(2)29-23-8-4-3-7-21(23)24/h3-15H,16H2,1-2H3,(H,29,30,32). The molecule has 0 radical (unpaired) electrons. The van der Waals surface area contributed by atoms with Crippen LogP contribution in [0.5, 0.6) is 0 Å². The Morgan fingerprint density at radius 3 is 2.58 bits per heavy atom. The number of aromatic nitrogens is 3. The highest BCUT2D eigenvalue weighted by atomic mass is 16.2. The molecular weight excluding hydrogens is 412 g/mol. The number of para-hydroxylation sites is 1. The molecule has 3 heterocycles. The summed E-state index contributed by atoms with van der Waals surface area (Å²) < 4.78 is 1.56. The smallest absolute Gasteiger partial charge is 0.265 e. The fraction of sp³-hybridized carbons (Fsp3) is 0.111. The molecule has 0 aliphatic heterocycles. The summed E-state index contributed by atoms with van der Waals surface area (Å²) in [6.07, 6.45) is 1.65. The summed E-state index contributed by atoms with van der Waals surface area (Å²) in [7, 11) is 0. The Kier molecular flexibility index (Phi) is 5.18. The summed E-state index contributed by atoms with van der Waals surface area (Å²) in [6.45, 7) is 4.21. The van der Waals surface area contributed by atoms with E-state index in [1.165, 1.54) is 0 Å². The maximum atomic E-state index is 13.5. The van der Waals surface area contributed by atoms with Gasteiger partial charge in [-0.25, -0.2) is 4.98 Å². The van der Waals surface area contributed by atoms with Crippen LogP contribution in [-0.2, 0) is 6.54 Å². The third-order valence-electron chi connectivity index (χ3n) is 5.65. The zero-order valence-corrected chi connectivity index (χ0v) is 18.4. The molecule has 162 valence electrons. The number of hydrogen-bond acceptors (Lipinski definition) is 4. The van der Waals surface area contributed by atoms with E-state index in [4.69, 9.17) is 0 Å². The van der Waals surface area contributed by atoms with Gasteiger partial charge >= 0.3 is 0 Å². The molecular formula is C27H22N4O2. The first-order valence-electron chi connectivity index (χ1n) is 10.7. The fourth-order valence-electron chi connectivity index (χ4n) is 3.99. The van der Waals surface area contributed by atoms with E-state index in [0.717, 1.165) is 33.1 Å². The fourth-order valence-corrected chi connectivity index (χ4v) is 3.99. The molecule has 6 heteroatoms. The molecule has 0 fully saturated rings. The molecule has 5 aromatic rings. The highest BCUT2D eigenvalue weighted by molar-refractivity contribution is 6.09. The average Bonchev–Trinajstić information content (AvgIpc) is 2.82. The van der Waals surface area contributed by atoms with Crippen LogP contribution in [0, 0.1) is 13.8 Å². The number of carbonyl (C=O) groups excluding carboxylic acids is 1. The molecule has 33 heavy (non-hydrogen) atoms. The van der Waals surface area contributed by atoms with Crippen molar-refractivity contribution in [2.45, 2.75) is 20.4 Å². The van der Waals surface area contributed by atoms with Gasteiger partial charge in [0, 0.05) is 22.7 Å². The minimum Gasteiger partial charge on any atom is -0.321 e. The lowest BCUT2D eigenvalue weighted by Crippen LogP contribution is -2.30. The second-order valence-electron chi connectivity index (χ2n) is 8.13. The Hall–Kier alpha value is -4.32. The van der Waals surface area contributed by atoms with Crippen molar-refractivity contribution in [3.05, 3.63) is 112 Å². The normalized spacial score (nSPS) is 11.1. The van der Waals surface area contributed by atoms with Crippen LogP contribution in [0.25, 0.3) is 21.9 Å². The molecule has 0 saturated heterocycles. The number of benzene rings is 2. The molecule has 0 aliphatic rings. The van der Waals surface area contributed by atoms with Crippen molar-refractivity contribution in [1.29, 1.82) is 0 Å². The lowest BCUT2D eigenvalue weighted by Gasteiger charge is -2.14. The second kappa shape index (κ2) is 8.31. The van der Waals surface area contributed by atoms with Crippen molar-refractivity contribution >= 4 is 33.5 Å². The average molecular weight is 434 g/mol. The molecule has 2 aromatic carbocycles. The molecule has 1 amide bonds. The van der Waals surface area contributed by atoms with E-state index in [0.29, 0.717) is 17.9 Å². The second-order valence-corrected chi connectivity index (χ2v) is 8.13. The number of fused-ring (bicyclic) bond motifs is 2. The summed E-state index contributed by atoms with van der Waals surface area (Å²) >= 11 is 0. The van der Waals surface area contributed by atoms with E-state index in [9.17, 15) is 9.59 Å². The zero-order chi connectivity index (χ0) is 22.9. The molecule has 0 atom stereocenters. The van der Waals surface area contributed by atoms with Crippen LogP contribution >= 0.6 is 0 Å². The molecule has 0 bridgehead atoms. The van der Waals surface area contributed by atoms with Gasteiger partial charge in [0.05, 0.1) is 17.7 Å². The minimum atomic E-state index is -0.459. The monoisotopic (exact) mass is 434 g/mol. The zero-order valence-electron chi connectivity index (χ0n) is 18.4. The first-order chi connectivity index (χ1) is 16.0. The summed E-state index contributed by atoms with van der Waals surface area (Å²) in [5.41, 5.74) is 4.53. The summed E-state index contributed by atoms with van der Waals surface area (Å²) in [4.78, 5) is 35.7.